The van der Waals surface area contributed by atoms with Crippen molar-refractivity contribution in [3.63, 3.8) is 0 Å². The summed E-state index contributed by atoms with van der Waals surface area (Å²) in [5.41, 5.74) is 0.912. The molecule has 2 atom stereocenters. The van der Waals surface area contributed by atoms with Gasteiger partial charge in [-0.25, -0.2) is 0 Å². The molecular weight excluding hydrogens is 346 g/mol. The number of pyridine rings is 1. The summed E-state index contributed by atoms with van der Waals surface area (Å²) in [6.07, 6.45) is 3.78. The highest BCUT2D eigenvalue weighted by Gasteiger charge is 2.34. The number of aromatic nitrogens is 1. The maximum atomic E-state index is 12.9. The summed E-state index contributed by atoms with van der Waals surface area (Å²) in [4.78, 5) is 31.2. The summed E-state index contributed by atoms with van der Waals surface area (Å²) in [6, 6.07) is 8.77. The second-order valence-corrected chi connectivity index (χ2v) is 6.44. The van der Waals surface area contributed by atoms with E-state index in [1.807, 2.05) is 0 Å². The average Bonchev–Trinajstić information content (AvgIpc) is 3.26. The van der Waals surface area contributed by atoms with Crippen molar-refractivity contribution in [1.82, 2.24) is 15.2 Å². The minimum absolute atomic E-state index is 0.279. The molecule has 1 saturated heterocycles. The second kappa shape index (κ2) is 8.64. The van der Waals surface area contributed by atoms with Crippen LogP contribution in [0, 0.1) is 0 Å². The van der Waals surface area contributed by atoms with Crippen molar-refractivity contribution >= 4 is 11.8 Å². The molecule has 2 heterocycles. The van der Waals surface area contributed by atoms with E-state index in [2.05, 4.69) is 10.3 Å². The number of hydrogen-bond acceptors (Lipinski definition) is 5. The Morgan fingerprint density at radius 1 is 1.11 bits per heavy atom. The van der Waals surface area contributed by atoms with Crippen molar-refractivity contribution in [2.75, 3.05) is 20.2 Å². The molecule has 0 bridgehead atoms. The van der Waals surface area contributed by atoms with Gasteiger partial charge in [0, 0.05) is 31.0 Å². The minimum atomic E-state index is -1.16. The van der Waals surface area contributed by atoms with E-state index < -0.39 is 18.1 Å². The van der Waals surface area contributed by atoms with Crippen LogP contribution in [0.4, 0.5) is 0 Å². The van der Waals surface area contributed by atoms with Crippen LogP contribution in [0.1, 0.15) is 34.9 Å². The number of nitrogens with zero attached hydrogens (tertiary/aromatic N) is 2. The molecule has 1 fully saturated rings. The number of methoxy groups -OCH3 is 1. The Morgan fingerprint density at radius 2 is 1.74 bits per heavy atom. The van der Waals surface area contributed by atoms with Crippen LogP contribution in [0.5, 0.6) is 5.75 Å². The highest BCUT2D eigenvalue weighted by atomic mass is 16.5. The van der Waals surface area contributed by atoms with Gasteiger partial charge in [0.25, 0.3) is 5.91 Å². The fraction of sp³-hybridized carbons (Fsp3) is 0.350. The van der Waals surface area contributed by atoms with Gasteiger partial charge in [0.1, 0.15) is 17.9 Å². The molecule has 0 aliphatic carbocycles. The van der Waals surface area contributed by atoms with E-state index >= 15 is 0 Å². The number of amides is 2. The van der Waals surface area contributed by atoms with Crippen molar-refractivity contribution in [2.45, 2.75) is 25.0 Å². The number of hydrogen-bond donors (Lipinski definition) is 2. The molecule has 2 N–H and O–H groups in total. The lowest BCUT2D eigenvalue weighted by Crippen LogP contribution is -2.51. The number of ether oxygens (including phenoxy) is 1. The highest BCUT2D eigenvalue weighted by molar-refractivity contribution is 5.98. The zero-order chi connectivity index (χ0) is 19.2. The van der Waals surface area contributed by atoms with E-state index in [-0.39, 0.29) is 5.91 Å². The summed E-state index contributed by atoms with van der Waals surface area (Å²) < 4.78 is 5.09. The molecule has 7 nitrogen and oxygen atoms in total. The lowest BCUT2D eigenvalue weighted by atomic mass is 10.0. The normalized spacial score (nSPS) is 15.9. The first-order valence-electron chi connectivity index (χ1n) is 8.92. The molecule has 3 rings (SSSR count). The predicted octanol–water partition coefficient (Wildman–Crippen LogP) is 1.54. The molecule has 0 spiro atoms. The first kappa shape index (κ1) is 18.8. The molecule has 2 amide bonds. The average molecular weight is 369 g/mol. The molecule has 27 heavy (non-hydrogen) atoms. The number of aliphatic hydroxyl groups excluding tert-OH is 1. The fourth-order valence-corrected chi connectivity index (χ4v) is 3.13. The molecule has 2 aromatic rings. The van der Waals surface area contributed by atoms with Gasteiger partial charge >= 0.3 is 0 Å². The van der Waals surface area contributed by atoms with Crippen LogP contribution in [-0.2, 0) is 4.79 Å². The van der Waals surface area contributed by atoms with Crippen molar-refractivity contribution < 1.29 is 19.4 Å². The number of benzene rings is 1. The van der Waals surface area contributed by atoms with Gasteiger partial charge in [-0.15, -0.1) is 0 Å². The number of carbonyl (C=O) groups is 2. The molecule has 1 unspecified atom stereocenters. The highest BCUT2D eigenvalue weighted by Crippen LogP contribution is 2.21. The lowest BCUT2D eigenvalue weighted by Gasteiger charge is -2.28. The molecule has 7 heteroatoms. The number of carbonyl (C=O) groups excluding carboxylic acids is 2. The third-order valence-corrected chi connectivity index (χ3v) is 4.69. The Kier molecular flexibility index (Phi) is 6.03. The van der Waals surface area contributed by atoms with Crippen LogP contribution < -0.4 is 10.1 Å². The third kappa shape index (κ3) is 4.43. The zero-order valence-corrected chi connectivity index (χ0v) is 15.2. The van der Waals surface area contributed by atoms with Crippen LogP contribution in [0.15, 0.2) is 48.8 Å². The van der Waals surface area contributed by atoms with Gasteiger partial charge in [0.05, 0.1) is 7.11 Å². The fourth-order valence-electron chi connectivity index (χ4n) is 3.13. The van der Waals surface area contributed by atoms with Crippen molar-refractivity contribution in [3.05, 3.63) is 59.9 Å². The predicted molar refractivity (Wildman–Crippen MR) is 99.3 cm³/mol. The summed E-state index contributed by atoms with van der Waals surface area (Å²) in [6.45, 7) is 1.27. The minimum Gasteiger partial charge on any atom is -0.497 e. The van der Waals surface area contributed by atoms with Crippen LogP contribution >= 0.6 is 0 Å². The van der Waals surface area contributed by atoms with Crippen LogP contribution in [-0.4, -0.2) is 53.0 Å². The van der Waals surface area contributed by atoms with Gasteiger partial charge in [0.15, 0.2) is 0 Å². The molecule has 1 aliphatic rings. The molecular formula is C20H23N3O4. The van der Waals surface area contributed by atoms with Gasteiger partial charge in [-0.3, -0.25) is 14.6 Å². The first-order chi connectivity index (χ1) is 13.1. The summed E-state index contributed by atoms with van der Waals surface area (Å²) in [5, 5.41) is 13.5. The van der Waals surface area contributed by atoms with Gasteiger partial charge in [-0.1, -0.05) is 0 Å². The molecule has 0 saturated carbocycles. The van der Waals surface area contributed by atoms with Gasteiger partial charge in [0.2, 0.25) is 5.91 Å². The lowest BCUT2D eigenvalue weighted by molar-refractivity contribution is -0.135. The number of nitrogens with one attached hydrogen (secondary N) is 1. The topological polar surface area (TPSA) is 91.8 Å². The van der Waals surface area contributed by atoms with E-state index in [0.29, 0.717) is 30.0 Å². The van der Waals surface area contributed by atoms with E-state index in [4.69, 9.17) is 4.74 Å². The van der Waals surface area contributed by atoms with Gasteiger partial charge in [-0.05, 0) is 54.8 Å². The second-order valence-electron chi connectivity index (χ2n) is 6.44. The largest absolute Gasteiger partial charge is 0.497 e. The Balaban J connectivity index is 1.81. The number of likely N-dealkylation sites (tertiary alicyclic amines) is 1. The summed E-state index contributed by atoms with van der Waals surface area (Å²) >= 11 is 0. The van der Waals surface area contributed by atoms with Crippen molar-refractivity contribution in [1.29, 1.82) is 0 Å². The van der Waals surface area contributed by atoms with E-state index in [1.54, 1.807) is 60.8 Å². The van der Waals surface area contributed by atoms with Crippen LogP contribution in [0.3, 0.4) is 0 Å². The summed E-state index contributed by atoms with van der Waals surface area (Å²) in [5.74, 6) is -0.0740. The maximum absolute atomic E-state index is 12.9. The third-order valence-electron chi connectivity index (χ3n) is 4.69. The number of aliphatic hydroxyl groups is 1. The van der Waals surface area contributed by atoms with Crippen LogP contribution in [0.25, 0.3) is 0 Å². The standard InChI is InChI=1S/C20H23N3O4/c1-27-16-6-4-15(5-7-16)19(25)22-17(20(26)23-12-2-3-13-23)18(24)14-8-10-21-11-9-14/h4-11,17-18,24H,2-3,12-13H2,1H3,(H,22,25)/t17-,18?/m1/s1. The first-order valence-corrected chi connectivity index (χ1v) is 8.92. The van der Waals surface area contributed by atoms with Crippen molar-refractivity contribution in [3.8, 4) is 5.75 Å². The van der Waals surface area contributed by atoms with E-state index in [1.165, 1.54) is 0 Å². The Hall–Kier alpha value is -2.93. The zero-order valence-electron chi connectivity index (χ0n) is 15.2. The Labute approximate surface area is 158 Å². The smallest absolute Gasteiger partial charge is 0.252 e. The van der Waals surface area contributed by atoms with Gasteiger partial charge < -0.3 is 20.1 Å². The Morgan fingerprint density at radius 3 is 2.33 bits per heavy atom. The molecule has 1 aromatic heterocycles. The van der Waals surface area contributed by atoms with E-state index in [9.17, 15) is 14.7 Å². The molecule has 1 aromatic carbocycles. The molecule has 142 valence electrons. The van der Waals surface area contributed by atoms with E-state index in [0.717, 1.165) is 12.8 Å². The quantitative estimate of drug-likeness (QED) is 0.806. The monoisotopic (exact) mass is 369 g/mol. The SMILES string of the molecule is COc1ccc(C(=O)N[C@@H](C(=O)N2CCCC2)C(O)c2ccncc2)cc1. The Bertz CT molecular complexity index is 774. The van der Waals surface area contributed by atoms with Gasteiger partial charge in [-0.2, -0.15) is 0 Å². The molecule has 0 radical (unpaired) electrons. The maximum Gasteiger partial charge on any atom is 0.252 e. The van der Waals surface area contributed by atoms with Crippen LogP contribution in [0.2, 0.25) is 0 Å². The summed E-state index contributed by atoms with van der Waals surface area (Å²) in [7, 11) is 1.55. The van der Waals surface area contributed by atoms with Crippen molar-refractivity contribution in [2.24, 2.45) is 0 Å². The number of rotatable bonds is 6. The molecule has 1 aliphatic heterocycles.